The summed E-state index contributed by atoms with van der Waals surface area (Å²) in [6.07, 6.45) is 2.98. The first-order valence-electron chi connectivity index (χ1n) is 7.64. The summed E-state index contributed by atoms with van der Waals surface area (Å²) in [6.45, 7) is 0. The number of amides is 1. The molecule has 3 rings (SSSR count). The summed E-state index contributed by atoms with van der Waals surface area (Å²) >= 11 is 0. The Morgan fingerprint density at radius 1 is 1.11 bits per heavy atom. The minimum atomic E-state index is -4.09. The van der Waals surface area contributed by atoms with Gasteiger partial charge in [-0.2, -0.15) is 0 Å². The number of rotatable bonds is 5. The number of imidazole rings is 1. The smallest absolute Gasteiger partial charge is 0.272 e. The molecule has 0 atom stereocenters. The number of hydrazine groups is 1. The number of nitrogens with zero attached hydrogens (tertiary/aromatic N) is 2. The van der Waals surface area contributed by atoms with E-state index in [2.05, 4.69) is 4.98 Å². The highest BCUT2D eigenvalue weighted by atomic mass is 32.2. The first-order valence-corrected chi connectivity index (χ1v) is 9.12. The van der Waals surface area contributed by atoms with Crippen molar-refractivity contribution in [3.8, 4) is 11.4 Å². The first kappa shape index (κ1) is 18.7. The van der Waals surface area contributed by atoms with Crippen LogP contribution in [0.25, 0.3) is 11.4 Å². The van der Waals surface area contributed by atoms with Crippen LogP contribution in [0.2, 0.25) is 0 Å². The van der Waals surface area contributed by atoms with Crippen LogP contribution in [-0.2, 0) is 17.1 Å². The number of nitrogens with one attached hydrogen (secondary N) is 2. The molecule has 0 saturated carbocycles. The molecule has 0 spiro atoms. The van der Waals surface area contributed by atoms with E-state index < -0.39 is 33.1 Å². The van der Waals surface area contributed by atoms with Gasteiger partial charge in [0.2, 0.25) is 0 Å². The van der Waals surface area contributed by atoms with Crippen LogP contribution < -0.4 is 10.3 Å². The van der Waals surface area contributed by atoms with Crippen LogP contribution in [-0.4, -0.2) is 23.9 Å². The maximum Gasteiger partial charge on any atom is 0.272 e. The molecule has 27 heavy (non-hydrogen) atoms. The van der Waals surface area contributed by atoms with Crippen LogP contribution in [0.4, 0.5) is 8.78 Å². The van der Waals surface area contributed by atoms with E-state index in [0.29, 0.717) is 0 Å². The first-order chi connectivity index (χ1) is 12.8. The minimum absolute atomic E-state index is 0.0973. The van der Waals surface area contributed by atoms with Crippen molar-refractivity contribution in [3.05, 3.63) is 72.1 Å². The van der Waals surface area contributed by atoms with Crippen LogP contribution in [0.5, 0.6) is 0 Å². The fourth-order valence-corrected chi connectivity index (χ4v) is 3.25. The molecule has 0 aliphatic carbocycles. The lowest BCUT2D eigenvalue weighted by Crippen LogP contribution is -2.42. The summed E-state index contributed by atoms with van der Waals surface area (Å²) in [6, 6.07) is 9.27. The van der Waals surface area contributed by atoms with Crippen molar-refractivity contribution in [2.24, 2.45) is 7.05 Å². The summed E-state index contributed by atoms with van der Waals surface area (Å²) < 4.78 is 54.5. The Balaban J connectivity index is 1.88. The number of halogens is 2. The topological polar surface area (TPSA) is 93.1 Å². The lowest BCUT2D eigenvalue weighted by atomic mass is 10.1. The zero-order valence-electron chi connectivity index (χ0n) is 14.0. The van der Waals surface area contributed by atoms with E-state index in [1.807, 2.05) is 10.3 Å². The average Bonchev–Trinajstić information content (AvgIpc) is 3.07. The molecule has 2 N–H and O–H groups in total. The predicted octanol–water partition coefficient (Wildman–Crippen LogP) is 1.99. The Bertz CT molecular complexity index is 1100. The third kappa shape index (κ3) is 3.71. The number of carbonyl (C=O) groups is 1. The predicted molar refractivity (Wildman–Crippen MR) is 92.8 cm³/mol. The van der Waals surface area contributed by atoms with Crippen molar-refractivity contribution < 1.29 is 22.0 Å². The quantitative estimate of drug-likeness (QED) is 0.650. The van der Waals surface area contributed by atoms with E-state index in [9.17, 15) is 22.0 Å². The van der Waals surface area contributed by atoms with Gasteiger partial charge in [0.25, 0.3) is 15.9 Å². The highest BCUT2D eigenvalue weighted by Gasteiger charge is 2.24. The van der Waals surface area contributed by atoms with Gasteiger partial charge in [0.15, 0.2) is 0 Å². The highest BCUT2D eigenvalue weighted by molar-refractivity contribution is 7.89. The minimum Gasteiger partial charge on any atom is -0.334 e. The summed E-state index contributed by atoms with van der Waals surface area (Å²) in [5.74, 6) is -3.38. The molecule has 0 saturated heterocycles. The Labute approximate surface area is 153 Å². The zero-order valence-corrected chi connectivity index (χ0v) is 14.8. The molecule has 0 unspecified atom stereocenters. The Morgan fingerprint density at radius 2 is 1.81 bits per heavy atom. The zero-order chi connectivity index (χ0) is 19.6. The number of benzene rings is 2. The molecule has 1 heterocycles. The number of hydrogen-bond donors (Lipinski definition) is 2. The molecule has 2 aromatic carbocycles. The Kier molecular flexibility index (Phi) is 5.02. The third-order valence-corrected chi connectivity index (χ3v) is 5.00. The lowest BCUT2D eigenvalue weighted by Gasteiger charge is -2.11. The van der Waals surface area contributed by atoms with Gasteiger partial charge in [0.05, 0.1) is 10.5 Å². The van der Waals surface area contributed by atoms with E-state index in [1.165, 1.54) is 35.0 Å². The standard InChI is InChI=1S/C17H14F2N4O3S/c1-23-10-9-20-16(23)12-7-8-13(18)14(15(12)19)17(24)21-22-27(25,26)11-5-3-2-4-6-11/h2-10,22H,1H3,(H,21,24). The molecule has 0 fully saturated rings. The van der Waals surface area contributed by atoms with Crippen molar-refractivity contribution in [1.82, 2.24) is 19.8 Å². The van der Waals surface area contributed by atoms with Crippen LogP contribution in [0.15, 0.2) is 59.8 Å². The monoisotopic (exact) mass is 392 g/mol. The molecule has 3 aromatic rings. The highest BCUT2D eigenvalue weighted by Crippen LogP contribution is 2.25. The molecule has 7 nitrogen and oxygen atoms in total. The second-order valence-electron chi connectivity index (χ2n) is 5.52. The van der Waals surface area contributed by atoms with Gasteiger partial charge in [-0.15, -0.1) is 4.83 Å². The van der Waals surface area contributed by atoms with Gasteiger partial charge in [-0.1, -0.05) is 18.2 Å². The van der Waals surface area contributed by atoms with Gasteiger partial charge in [0, 0.05) is 19.4 Å². The SMILES string of the molecule is Cn1ccnc1-c1ccc(F)c(C(=O)NNS(=O)(=O)c2ccccc2)c1F. The number of aryl methyl sites for hydroxylation is 1. The van der Waals surface area contributed by atoms with Crippen LogP contribution in [0.1, 0.15) is 10.4 Å². The molecule has 0 bridgehead atoms. The average molecular weight is 392 g/mol. The maximum atomic E-state index is 14.7. The van der Waals surface area contributed by atoms with Gasteiger partial charge in [-0.25, -0.2) is 22.2 Å². The van der Waals surface area contributed by atoms with E-state index in [4.69, 9.17) is 0 Å². The summed E-state index contributed by atoms with van der Waals surface area (Å²) in [5, 5.41) is 0. The summed E-state index contributed by atoms with van der Waals surface area (Å²) in [4.78, 5) is 17.9. The van der Waals surface area contributed by atoms with Crippen LogP contribution in [0, 0.1) is 11.6 Å². The molecule has 1 aromatic heterocycles. The molecule has 140 valence electrons. The second kappa shape index (κ2) is 7.25. The fourth-order valence-electron chi connectivity index (χ4n) is 2.39. The van der Waals surface area contributed by atoms with E-state index in [1.54, 1.807) is 19.3 Å². The molecule has 0 radical (unpaired) electrons. The van der Waals surface area contributed by atoms with Crippen molar-refractivity contribution in [3.63, 3.8) is 0 Å². The van der Waals surface area contributed by atoms with Gasteiger partial charge in [0.1, 0.15) is 23.0 Å². The van der Waals surface area contributed by atoms with E-state index in [-0.39, 0.29) is 16.3 Å². The molecule has 10 heteroatoms. The molecular weight excluding hydrogens is 378 g/mol. The lowest BCUT2D eigenvalue weighted by molar-refractivity contribution is 0.0936. The molecule has 0 aliphatic heterocycles. The Hall–Kier alpha value is -3.11. The van der Waals surface area contributed by atoms with Crippen molar-refractivity contribution in [1.29, 1.82) is 0 Å². The second-order valence-corrected chi connectivity index (χ2v) is 7.20. The maximum absolute atomic E-state index is 14.7. The van der Waals surface area contributed by atoms with Crippen LogP contribution in [0.3, 0.4) is 0 Å². The van der Waals surface area contributed by atoms with Gasteiger partial charge in [-0.05, 0) is 24.3 Å². The number of carbonyl (C=O) groups excluding carboxylic acids is 1. The number of hydrogen-bond acceptors (Lipinski definition) is 4. The molecule has 0 aliphatic rings. The third-order valence-electron chi connectivity index (χ3n) is 3.73. The normalized spacial score (nSPS) is 11.4. The van der Waals surface area contributed by atoms with Crippen molar-refractivity contribution in [2.45, 2.75) is 4.90 Å². The van der Waals surface area contributed by atoms with Crippen molar-refractivity contribution in [2.75, 3.05) is 0 Å². The van der Waals surface area contributed by atoms with Crippen LogP contribution >= 0.6 is 0 Å². The fraction of sp³-hybridized carbons (Fsp3) is 0.0588. The molecule has 1 amide bonds. The van der Waals surface area contributed by atoms with Gasteiger partial charge < -0.3 is 4.57 Å². The largest absolute Gasteiger partial charge is 0.334 e. The summed E-state index contributed by atoms with van der Waals surface area (Å²) in [7, 11) is -2.48. The van der Waals surface area contributed by atoms with Crippen molar-refractivity contribution >= 4 is 15.9 Å². The summed E-state index contributed by atoms with van der Waals surface area (Å²) in [5.41, 5.74) is 0.800. The van der Waals surface area contributed by atoms with Gasteiger partial charge in [-0.3, -0.25) is 10.2 Å². The number of sulfonamides is 1. The Morgan fingerprint density at radius 3 is 2.44 bits per heavy atom. The molecular formula is C17H14F2N4O3S. The van der Waals surface area contributed by atoms with Gasteiger partial charge >= 0.3 is 0 Å². The van der Waals surface area contributed by atoms with E-state index in [0.717, 1.165) is 12.1 Å². The number of aromatic nitrogens is 2. The van der Waals surface area contributed by atoms with E-state index >= 15 is 0 Å².